The lowest BCUT2D eigenvalue weighted by molar-refractivity contribution is 0.592. The topological polar surface area (TPSA) is 88.4 Å². The fourth-order valence-electron chi connectivity index (χ4n) is 2.18. The van der Waals surface area contributed by atoms with E-state index in [-0.39, 0.29) is 5.75 Å². The zero-order chi connectivity index (χ0) is 17.4. The van der Waals surface area contributed by atoms with Crippen molar-refractivity contribution < 1.29 is 8.42 Å². The molecule has 7 nitrogen and oxygen atoms in total. The van der Waals surface area contributed by atoms with Crippen LogP contribution in [-0.2, 0) is 23.4 Å². The van der Waals surface area contributed by atoms with Crippen molar-refractivity contribution in [1.82, 2.24) is 20.4 Å². The van der Waals surface area contributed by atoms with E-state index in [1.807, 2.05) is 13.1 Å². The first kappa shape index (κ1) is 18.0. The molecule has 0 radical (unpaired) electrons. The maximum Gasteiger partial charge on any atom is 0.191 e. The normalized spacial score (nSPS) is 12.2. The van der Waals surface area contributed by atoms with Crippen molar-refractivity contribution in [3.8, 4) is 0 Å². The zero-order valence-corrected chi connectivity index (χ0v) is 14.8. The number of nitrogens with one attached hydrogen (secondary N) is 2. The predicted octanol–water partition coefficient (Wildman–Crippen LogP) is 0.949. The lowest BCUT2D eigenvalue weighted by Crippen LogP contribution is -2.38. The molecule has 8 heteroatoms. The second kappa shape index (κ2) is 8.49. The van der Waals surface area contributed by atoms with Crippen LogP contribution < -0.4 is 10.6 Å². The maximum atomic E-state index is 12.2. The third-order valence-corrected chi connectivity index (χ3v) is 5.38. The van der Waals surface area contributed by atoms with Gasteiger partial charge in [0.1, 0.15) is 0 Å². The fourth-order valence-corrected chi connectivity index (χ4v) is 3.52. The molecular weight excluding hydrogens is 326 g/mol. The second-order valence-electron chi connectivity index (χ2n) is 5.28. The Hall–Kier alpha value is -2.35. The quantitative estimate of drug-likeness (QED) is 0.441. The highest BCUT2D eigenvalue weighted by Crippen LogP contribution is 2.10. The molecule has 0 spiro atoms. The minimum absolute atomic E-state index is 0.0999. The lowest BCUT2D eigenvalue weighted by Gasteiger charge is -2.12. The monoisotopic (exact) mass is 349 g/mol. The van der Waals surface area contributed by atoms with Gasteiger partial charge in [0.25, 0.3) is 0 Å². The molecule has 0 amide bonds. The summed E-state index contributed by atoms with van der Waals surface area (Å²) in [6.07, 6.45) is 2.24. The minimum Gasteiger partial charge on any atom is -0.356 e. The Labute approximate surface area is 142 Å². The van der Waals surface area contributed by atoms with Gasteiger partial charge in [0.05, 0.1) is 22.9 Å². The van der Waals surface area contributed by atoms with Gasteiger partial charge >= 0.3 is 0 Å². The first-order chi connectivity index (χ1) is 11.5. The number of aromatic nitrogens is 2. The molecule has 1 aromatic carbocycles. The molecular formula is C16H23N5O2S. The van der Waals surface area contributed by atoms with Crippen LogP contribution in [0.2, 0.25) is 0 Å². The van der Waals surface area contributed by atoms with Gasteiger partial charge in [0.15, 0.2) is 15.8 Å². The summed E-state index contributed by atoms with van der Waals surface area (Å²) in [6, 6.07) is 10.4. The van der Waals surface area contributed by atoms with Crippen LogP contribution in [0.15, 0.2) is 52.5 Å². The van der Waals surface area contributed by atoms with E-state index in [9.17, 15) is 8.42 Å². The van der Waals surface area contributed by atoms with Gasteiger partial charge in [0.2, 0.25) is 0 Å². The standard InChI is InChI=1S/C16H23N5O2S/c1-17-16(19-13-14-9-11-20-21(14)2)18-10-6-12-24(22,23)15-7-4-3-5-8-15/h3-5,7-9,11H,6,10,12-13H2,1-2H3,(H2,17,18,19). The molecule has 2 aromatic rings. The Morgan fingerprint density at radius 3 is 2.58 bits per heavy atom. The van der Waals surface area contributed by atoms with E-state index in [2.05, 4.69) is 20.7 Å². The van der Waals surface area contributed by atoms with Crippen LogP contribution in [0.4, 0.5) is 0 Å². The smallest absolute Gasteiger partial charge is 0.191 e. The van der Waals surface area contributed by atoms with Gasteiger partial charge in [-0.3, -0.25) is 9.67 Å². The van der Waals surface area contributed by atoms with Gasteiger partial charge in [-0.15, -0.1) is 0 Å². The molecule has 0 aliphatic carbocycles. The Morgan fingerprint density at radius 2 is 1.96 bits per heavy atom. The molecule has 0 saturated heterocycles. The van der Waals surface area contributed by atoms with Crippen molar-refractivity contribution in [3.63, 3.8) is 0 Å². The van der Waals surface area contributed by atoms with Crippen LogP contribution in [0.25, 0.3) is 0 Å². The minimum atomic E-state index is -3.23. The average molecular weight is 349 g/mol. The number of nitrogens with zero attached hydrogens (tertiary/aromatic N) is 3. The first-order valence-corrected chi connectivity index (χ1v) is 9.37. The van der Waals surface area contributed by atoms with Crippen LogP contribution in [0.1, 0.15) is 12.1 Å². The van der Waals surface area contributed by atoms with Crippen molar-refractivity contribution in [3.05, 3.63) is 48.3 Å². The van der Waals surface area contributed by atoms with Gasteiger partial charge in [-0.2, -0.15) is 5.10 Å². The van der Waals surface area contributed by atoms with Crippen LogP contribution >= 0.6 is 0 Å². The van der Waals surface area contributed by atoms with Gasteiger partial charge in [0, 0.05) is 26.8 Å². The number of hydrogen-bond donors (Lipinski definition) is 2. The largest absolute Gasteiger partial charge is 0.356 e. The number of guanidine groups is 1. The molecule has 0 aliphatic heterocycles. The average Bonchev–Trinajstić information content (AvgIpc) is 3.00. The van der Waals surface area contributed by atoms with E-state index in [1.54, 1.807) is 48.3 Å². The molecule has 2 rings (SSSR count). The van der Waals surface area contributed by atoms with Crippen molar-refractivity contribution >= 4 is 15.8 Å². The number of hydrogen-bond acceptors (Lipinski definition) is 4. The highest BCUT2D eigenvalue weighted by atomic mass is 32.2. The number of aryl methyl sites for hydroxylation is 1. The predicted molar refractivity (Wildman–Crippen MR) is 94.5 cm³/mol. The lowest BCUT2D eigenvalue weighted by atomic mass is 10.4. The molecule has 0 saturated carbocycles. The molecule has 0 bridgehead atoms. The Kier molecular flexibility index (Phi) is 6.36. The van der Waals surface area contributed by atoms with Gasteiger partial charge < -0.3 is 10.6 Å². The second-order valence-corrected chi connectivity index (χ2v) is 7.39. The first-order valence-electron chi connectivity index (χ1n) is 7.72. The fraction of sp³-hybridized carbons (Fsp3) is 0.375. The summed E-state index contributed by atoms with van der Waals surface area (Å²) in [5, 5.41) is 10.4. The van der Waals surface area contributed by atoms with E-state index in [0.29, 0.717) is 30.4 Å². The Balaban J connectivity index is 1.75. The summed E-state index contributed by atoms with van der Waals surface area (Å²) in [5.74, 6) is 0.733. The van der Waals surface area contributed by atoms with Crippen molar-refractivity contribution in [2.24, 2.45) is 12.0 Å². The third-order valence-electron chi connectivity index (χ3n) is 3.57. The van der Waals surface area contributed by atoms with Crippen LogP contribution in [-0.4, -0.2) is 43.5 Å². The number of sulfone groups is 1. The summed E-state index contributed by atoms with van der Waals surface area (Å²) >= 11 is 0. The molecule has 24 heavy (non-hydrogen) atoms. The van der Waals surface area contributed by atoms with E-state index in [0.717, 1.165) is 5.69 Å². The molecule has 1 aromatic heterocycles. The molecule has 0 atom stereocenters. The van der Waals surface area contributed by atoms with E-state index in [1.165, 1.54) is 0 Å². The van der Waals surface area contributed by atoms with Crippen LogP contribution in [0, 0.1) is 0 Å². The zero-order valence-electron chi connectivity index (χ0n) is 13.9. The molecule has 130 valence electrons. The van der Waals surface area contributed by atoms with Gasteiger partial charge in [-0.25, -0.2) is 8.42 Å². The van der Waals surface area contributed by atoms with Crippen LogP contribution in [0.3, 0.4) is 0 Å². The summed E-state index contributed by atoms with van der Waals surface area (Å²) in [5.41, 5.74) is 1.03. The van der Waals surface area contributed by atoms with Crippen molar-refractivity contribution in [1.29, 1.82) is 0 Å². The van der Waals surface area contributed by atoms with Crippen LogP contribution in [0.5, 0.6) is 0 Å². The SMILES string of the molecule is CN=C(NCCCS(=O)(=O)c1ccccc1)NCc1ccnn1C. The molecule has 0 unspecified atom stereocenters. The van der Waals surface area contributed by atoms with Crippen molar-refractivity contribution in [2.75, 3.05) is 19.3 Å². The molecule has 0 aliphatic rings. The van der Waals surface area contributed by atoms with Crippen molar-refractivity contribution in [2.45, 2.75) is 17.9 Å². The van der Waals surface area contributed by atoms with E-state index in [4.69, 9.17) is 0 Å². The summed E-state index contributed by atoms with van der Waals surface area (Å²) in [6.45, 7) is 1.12. The summed E-state index contributed by atoms with van der Waals surface area (Å²) in [4.78, 5) is 4.49. The summed E-state index contributed by atoms with van der Waals surface area (Å²) in [7, 11) is 0.326. The Bertz CT molecular complexity index is 769. The molecule has 2 N–H and O–H groups in total. The summed E-state index contributed by atoms with van der Waals surface area (Å²) < 4.78 is 26.1. The van der Waals surface area contributed by atoms with E-state index >= 15 is 0 Å². The molecule has 1 heterocycles. The highest BCUT2D eigenvalue weighted by Gasteiger charge is 2.13. The Morgan fingerprint density at radius 1 is 1.21 bits per heavy atom. The highest BCUT2D eigenvalue weighted by molar-refractivity contribution is 7.91. The molecule has 0 fully saturated rings. The maximum absolute atomic E-state index is 12.2. The third kappa shape index (κ3) is 5.09. The van der Waals surface area contributed by atoms with Gasteiger partial charge in [-0.05, 0) is 24.6 Å². The van der Waals surface area contributed by atoms with E-state index < -0.39 is 9.84 Å². The number of aliphatic imine (C=N–C) groups is 1. The number of benzene rings is 1. The number of rotatable bonds is 7. The van der Waals surface area contributed by atoms with Gasteiger partial charge in [-0.1, -0.05) is 18.2 Å².